The third kappa shape index (κ3) is 4.64. The van der Waals surface area contributed by atoms with Gasteiger partial charge in [-0.25, -0.2) is 9.78 Å². The molecule has 1 saturated heterocycles. The predicted octanol–water partition coefficient (Wildman–Crippen LogP) is 4.98. The Labute approximate surface area is 219 Å². The SMILES string of the molecule is C=CC(=O)N1CCC[C@@H](NC(=O)c2sc3nccc4c3c2NC(=O)N4c2cc(OC(C)C)ccc2C)C1. The zero-order valence-corrected chi connectivity index (χ0v) is 21.9. The van der Waals surface area contributed by atoms with E-state index < -0.39 is 0 Å². The number of carbonyl (C=O) groups excluding carboxylic acids is 3. The molecule has 10 heteroatoms. The number of hydrogen-bond acceptors (Lipinski definition) is 6. The number of nitrogens with zero attached hydrogens (tertiary/aromatic N) is 3. The number of anilines is 3. The largest absolute Gasteiger partial charge is 0.491 e. The lowest BCUT2D eigenvalue weighted by molar-refractivity contribution is -0.127. The first-order chi connectivity index (χ1) is 17.8. The van der Waals surface area contributed by atoms with Gasteiger partial charge in [-0.05, 0) is 57.4 Å². The van der Waals surface area contributed by atoms with Gasteiger partial charge in [0.05, 0.1) is 28.6 Å². The standard InChI is InChI=1S/C27H29N5O4S/c1-5-21(33)31-12-6-7-17(14-31)29-25(34)24-23-22-19(10-11-28-26(22)37-24)32(27(35)30-23)20-13-18(36-15(2)3)9-8-16(20)4/h5,8-11,13,15,17H,1,6-7,12,14H2,2-4H3,(H,29,34)(H,30,35)/t17-/m1/s1. The second-order valence-corrected chi connectivity index (χ2v) is 10.5. The Morgan fingerprint density at radius 1 is 1.30 bits per heavy atom. The van der Waals surface area contributed by atoms with E-state index in [1.165, 1.54) is 17.4 Å². The quantitative estimate of drug-likeness (QED) is 0.447. The first-order valence-electron chi connectivity index (χ1n) is 12.3. The summed E-state index contributed by atoms with van der Waals surface area (Å²) in [4.78, 5) is 47.7. The fraction of sp³-hybridized carbons (Fsp3) is 0.333. The predicted molar refractivity (Wildman–Crippen MR) is 145 cm³/mol. The highest BCUT2D eigenvalue weighted by Crippen LogP contribution is 2.46. The number of hydrogen-bond donors (Lipinski definition) is 2. The lowest BCUT2D eigenvalue weighted by Gasteiger charge is -2.32. The van der Waals surface area contributed by atoms with Crippen molar-refractivity contribution < 1.29 is 19.1 Å². The summed E-state index contributed by atoms with van der Waals surface area (Å²) in [5.74, 6) is 0.232. The molecule has 192 valence electrons. The lowest BCUT2D eigenvalue weighted by Crippen LogP contribution is -2.49. The number of ether oxygens (including phenoxy) is 1. The summed E-state index contributed by atoms with van der Waals surface area (Å²) >= 11 is 1.24. The smallest absolute Gasteiger partial charge is 0.331 e. The maximum absolute atomic E-state index is 13.5. The Kier molecular flexibility index (Phi) is 6.59. The van der Waals surface area contributed by atoms with Crippen molar-refractivity contribution in [2.75, 3.05) is 23.3 Å². The Morgan fingerprint density at radius 3 is 2.86 bits per heavy atom. The number of urea groups is 1. The van der Waals surface area contributed by atoms with Gasteiger partial charge in [-0.2, -0.15) is 0 Å². The van der Waals surface area contributed by atoms with Gasteiger partial charge >= 0.3 is 6.03 Å². The zero-order valence-electron chi connectivity index (χ0n) is 21.0. The number of pyridine rings is 1. The molecule has 2 aromatic heterocycles. The number of likely N-dealkylation sites (tertiary alicyclic amines) is 1. The number of nitrogens with one attached hydrogen (secondary N) is 2. The molecule has 37 heavy (non-hydrogen) atoms. The van der Waals surface area contributed by atoms with Crippen molar-refractivity contribution in [1.82, 2.24) is 15.2 Å². The molecule has 2 N–H and O–H groups in total. The van der Waals surface area contributed by atoms with Crippen LogP contribution in [0.5, 0.6) is 5.75 Å². The molecule has 9 nitrogen and oxygen atoms in total. The van der Waals surface area contributed by atoms with Crippen LogP contribution in [0.4, 0.5) is 21.9 Å². The van der Waals surface area contributed by atoms with Crippen molar-refractivity contribution in [3.05, 3.63) is 53.6 Å². The van der Waals surface area contributed by atoms with E-state index in [0.717, 1.165) is 23.8 Å². The molecule has 0 radical (unpaired) electrons. The van der Waals surface area contributed by atoms with Gasteiger partial charge in [-0.3, -0.25) is 14.5 Å². The van der Waals surface area contributed by atoms with E-state index in [2.05, 4.69) is 22.2 Å². The molecule has 1 aromatic carbocycles. The minimum atomic E-state index is -0.363. The van der Waals surface area contributed by atoms with Crippen LogP contribution in [0.3, 0.4) is 0 Å². The number of aryl methyl sites for hydroxylation is 1. The number of amides is 4. The summed E-state index contributed by atoms with van der Waals surface area (Å²) in [7, 11) is 0. The van der Waals surface area contributed by atoms with E-state index in [0.29, 0.717) is 45.6 Å². The molecule has 1 fully saturated rings. The van der Waals surface area contributed by atoms with E-state index in [4.69, 9.17) is 4.74 Å². The van der Waals surface area contributed by atoms with Crippen LogP contribution >= 0.6 is 11.3 Å². The summed E-state index contributed by atoms with van der Waals surface area (Å²) in [6.45, 7) is 10.5. The van der Waals surface area contributed by atoms with Crippen molar-refractivity contribution in [3.63, 3.8) is 0 Å². The number of rotatable bonds is 6. The monoisotopic (exact) mass is 519 g/mol. The van der Waals surface area contributed by atoms with Crippen LogP contribution in [0.25, 0.3) is 10.2 Å². The first-order valence-corrected chi connectivity index (χ1v) is 13.1. The average Bonchev–Trinajstić information content (AvgIpc) is 3.24. The number of piperidine rings is 1. The third-order valence-corrected chi connectivity index (χ3v) is 7.58. The molecule has 3 aromatic rings. The minimum Gasteiger partial charge on any atom is -0.491 e. The first kappa shape index (κ1) is 24.8. The summed E-state index contributed by atoms with van der Waals surface area (Å²) in [5, 5.41) is 6.71. The van der Waals surface area contributed by atoms with Crippen molar-refractivity contribution in [2.45, 2.75) is 45.8 Å². The molecule has 2 aliphatic rings. The summed E-state index contributed by atoms with van der Waals surface area (Å²) < 4.78 is 5.86. The van der Waals surface area contributed by atoms with Gasteiger partial charge < -0.3 is 20.3 Å². The molecule has 5 rings (SSSR count). The summed E-state index contributed by atoms with van der Waals surface area (Å²) in [6, 6.07) is 6.90. The topological polar surface area (TPSA) is 104 Å². The Morgan fingerprint density at radius 2 is 2.11 bits per heavy atom. The second kappa shape index (κ2) is 9.85. The molecule has 2 aliphatic heterocycles. The van der Waals surface area contributed by atoms with Crippen molar-refractivity contribution in [2.24, 2.45) is 0 Å². The molecule has 1 atom stereocenters. The zero-order chi connectivity index (χ0) is 26.3. The highest BCUT2D eigenvalue weighted by Gasteiger charge is 2.34. The van der Waals surface area contributed by atoms with E-state index in [1.54, 1.807) is 22.1 Å². The normalized spacial score (nSPS) is 17.1. The molecule has 4 amide bonds. The van der Waals surface area contributed by atoms with Gasteiger partial charge in [0, 0.05) is 31.4 Å². The molecule has 0 aliphatic carbocycles. The van der Waals surface area contributed by atoms with Crippen LogP contribution in [0.15, 0.2) is 43.1 Å². The number of carbonyl (C=O) groups is 3. The van der Waals surface area contributed by atoms with Gasteiger partial charge in [0.1, 0.15) is 15.5 Å². The molecule has 0 unspecified atom stereocenters. The van der Waals surface area contributed by atoms with Crippen LogP contribution in [0.2, 0.25) is 0 Å². The van der Waals surface area contributed by atoms with Crippen LogP contribution in [-0.4, -0.2) is 53.0 Å². The van der Waals surface area contributed by atoms with Crippen LogP contribution in [-0.2, 0) is 4.79 Å². The maximum atomic E-state index is 13.5. The Bertz CT molecular complexity index is 1420. The van der Waals surface area contributed by atoms with Gasteiger partial charge in [0.15, 0.2) is 0 Å². The van der Waals surface area contributed by atoms with E-state index >= 15 is 0 Å². The average molecular weight is 520 g/mol. The highest BCUT2D eigenvalue weighted by molar-refractivity contribution is 7.21. The second-order valence-electron chi connectivity index (χ2n) is 9.50. The van der Waals surface area contributed by atoms with E-state index in [-0.39, 0.29) is 30.0 Å². The number of thiophene rings is 1. The number of aromatic nitrogens is 1. The minimum absolute atomic E-state index is 0.00551. The van der Waals surface area contributed by atoms with Crippen molar-refractivity contribution in [1.29, 1.82) is 0 Å². The van der Waals surface area contributed by atoms with Crippen molar-refractivity contribution >= 4 is 56.5 Å². The molecule has 0 bridgehead atoms. The third-order valence-electron chi connectivity index (χ3n) is 6.49. The Hall–Kier alpha value is -3.92. The van der Waals surface area contributed by atoms with Gasteiger partial charge in [-0.15, -0.1) is 11.3 Å². The Balaban J connectivity index is 1.49. The molecular weight excluding hydrogens is 490 g/mol. The maximum Gasteiger partial charge on any atom is 0.331 e. The van der Waals surface area contributed by atoms with E-state index in [1.807, 2.05) is 39.0 Å². The number of benzene rings is 1. The summed E-state index contributed by atoms with van der Waals surface area (Å²) in [5.41, 5.74) is 2.72. The molecule has 0 saturated carbocycles. The summed E-state index contributed by atoms with van der Waals surface area (Å²) in [6.07, 6.45) is 4.50. The van der Waals surface area contributed by atoms with Gasteiger partial charge in [-0.1, -0.05) is 12.6 Å². The van der Waals surface area contributed by atoms with Crippen LogP contribution in [0.1, 0.15) is 41.9 Å². The van der Waals surface area contributed by atoms with Crippen LogP contribution in [0, 0.1) is 6.92 Å². The molecular formula is C27H29N5O4S. The van der Waals surface area contributed by atoms with E-state index in [9.17, 15) is 14.4 Å². The lowest BCUT2D eigenvalue weighted by atomic mass is 10.1. The van der Waals surface area contributed by atoms with Gasteiger partial charge in [0.2, 0.25) is 5.91 Å². The molecule has 0 spiro atoms. The van der Waals surface area contributed by atoms with Gasteiger partial charge in [0.25, 0.3) is 5.91 Å². The molecule has 4 heterocycles. The fourth-order valence-electron chi connectivity index (χ4n) is 4.83. The van der Waals surface area contributed by atoms with Crippen molar-refractivity contribution in [3.8, 4) is 5.75 Å². The van der Waals surface area contributed by atoms with Crippen LogP contribution < -0.4 is 20.3 Å². The highest BCUT2D eigenvalue weighted by atomic mass is 32.1. The fourth-order valence-corrected chi connectivity index (χ4v) is 5.86.